The molecule has 0 N–H and O–H groups in total. The number of amidine groups is 1. The fourth-order valence-corrected chi connectivity index (χ4v) is 4.99. The van der Waals surface area contributed by atoms with Crippen molar-refractivity contribution < 1.29 is 13.6 Å². The molecule has 3 heterocycles. The summed E-state index contributed by atoms with van der Waals surface area (Å²) in [4.78, 5) is 21.3. The SMILES string of the molecule is O=C1N=C(N2CCN(c3ccccc3F)CC2)SC1=Cc1ccc(-c2ccc(Cl)c(Cl)c2)o1. The van der Waals surface area contributed by atoms with Gasteiger partial charge in [0.05, 0.1) is 20.6 Å². The number of hydrogen-bond donors (Lipinski definition) is 0. The number of rotatable bonds is 3. The Bertz CT molecular complexity index is 1280. The standard InChI is InChI=1S/C24H18Cl2FN3O2S/c25-17-7-5-15(13-18(17)26)21-8-6-16(32-21)14-22-23(31)28-24(33-22)30-11-9-29(10-12-30)20-4-2-1-3-19(20)27/h1-8,13-14H,9-12H2. The predicted octanol–water partition coefficient (Wildman–Crippen LogP) is 6.19. The van der Waals surface area contributed by atoms with Crippen molar-refractivity contribution in [2.45, 2.75) is 0 Å². The first-order valence-corrected chi connectivity index (χ1v) is 11.9. The van der Waals surface area contributed by atoms with Gasteiger partial charge in [-0.15, -0.1) is 0 Å². The van der Waals surface area contributed by atoms with E-state index in [1.54, 1.807) is 36.4 Å². The van der Waals surface area contributed by atoms with Crippen LogP contribution in [-0.2, 0) is 4.79 Å². The minimum absolute atomic E-state index is 0.224. The number of hydrogen-bond acceptors (Lipinski definition) is 5. The smallest absolute Gasteiger partial charge is 0.286 e. The van der Waals surface area contributed by atoms with Gasteiger partial charge in [0.25, 0.3) is 5.91 Å². The molecule has 5 rings (SSSR count). The molecular formula is C24H18Cl2FN3O2S. The van der Waals surface area contributed by atoms with Gasteiger partial charge >= 0.3 is 0 Å². The first-order valence-electron chi connectivity index (χ1n) is 10.3. The number of aliphatic imine (C=N–C) groups is 1. The number of carbonyl (C=O) groups excluding carboxylic acids is 1. The van der Waals surface area contributed by atoms with Gasteiger partial charge < -0.3 is 14.2 Å². The molecule has 1 fully saturated rings. The number of carbonyl (C=O) groups is 1. The van der Waals surface area contributed by atoms with Crippen LogP contribution in [0.2, 0.25) is 10.0 Å². The Labute approximate surface area is 204 Å². The van der Waals surface area contributed by atoms with Crippen LogP contribution in [0.15, 0.2) is 68.9 Å². The summed E-state index contributed by atoms with van der Waals surface area (Å²) in [6.45, 7) is 2.61. The van der Waals surface area contributed by atoms with E-state index in [1.165, 1.54) is 17.8 Å². The maximum atomic E-state index is 14.1. The number of amides is 1. The lowest BCUT2D eigenvalue weighted by Crippen LogP contribution is -2.48. The van der Waals surface area contributed by atoms with Crippen LogP contribution < -0.4 is 4.90 Å². The Kier molecular flexibility index (Phi) is 6.19. The molecule has 3 aromatic rings. The fraction of sp³-hybridized carbons (Fsp3) is 0.167. The quantitative estimate of drug-likeness (QED) is 0.400. The van der Waals surface area contributed by atoms with Crippen molar-refractivity contribution >= 4 is 57.8 Å². The van der Waals surface area contributed by atoms with Crippen molar-refractivity contribution in [3.63, 3.8) is 0 Å². The third-order valence-electron chi connectivity index (χ3n) is 5.46. The number of nitrogens with zero attached hydrogens (tertiary/aromatic N) is 3. The zero-order chi connectivity index (χ0) is 22.9. The van der Waals surface area contributed by atoms with Gasteiger partial charge in [-0.1, -0.05) is 35.3 Å². The van der Waals surface area contributed by atoms with Crippen LogP contribution in [0.25, 0.3) is 17.4 Å². The van der Waals surface area contributed by atoms with Gasteiger partial charge in [0.15, 0.2) is 5.17 Å². The lowest BCUT2D eigenvalue weighted by atomic mass is 10.2. The lowest BCUT2D eigenvalue weighted by Gasteiger charge is -2.36. The number of piperazine rings is 1. The van der Waals surface area contributed by atoms with Crippen molar-refractivity contribution in [2.24, 2.45) is 4.99 Å². The average Bonchev–Trinajstić information content (AvgIpc) is 3.43. The van der Waals surface area contributed by atoms with Crippen molar-refractivity contribution in [3.05, 3.63) is 81.1 Å². The normalized spacial score (nSPS) is 17.7. The van der Waals surface area contributed by atoms with Gasteiger partial charge in [0.2, 0.25) is 0 Å². The zero-order valence-electron chi connectivity index (χ0n) is 17.3. The molecule has 9 heteroatoms. The fourth-order valence-electron chi connectivity index (χ4n) is 3.74. The average molecular weight is 502 g/mol. The molecule has 0 saturated carbocycles. The number of benzene rings is 2. The third kappa shape index (κ3) is 4.67. The molecule has 1 amide bonds. The highest BCUT2D eigenvalue weighted by atomic mass is 35.5. The van der Waals surface area contributed by atoms with E-state index >= 15 is 0 Å². The van der Waals surface area contributed by atoms with E-state index in [0.717, 1.165) is 5.56 Å². The Hall–Kier alpha value is -2.74. The molecule has 2 aromatic carbocycles. The Morgan fingerprint density at radius 1 is 0.970 bits per heavy atom. The Balaban J connectivity index is 1.24. The molecule has 0 bridgehead atoms. The van der Waals surface area contributed by atoms with E-state index in [4.69, 9.17) is 27.6 Å². The maximum Gasteiger partial charge on any atom is 0.286 e. The summed E-state index contributed by atoms with van der Waals surface area (Å²) in [5.41, 5.74) is 1.40. The zero-order valence-corrected chi connectivity index (χ0v) is 19.6. The lowest BCUT2D eigenvalue weighted by molar-refractivity contribution is -0.113. The summed E-state index contributed by atoms with van der Waals surface area (Å²) in [7, 11) is 0. The van der Waals surface area contributed by atoms with E-state index in [9.17, 15) is 9.18 Å². The molecule has 0 spiro atoms. The minimum atomic E-state index is -0.293. The number of halogens is 3. The molecular weight excluding hydrogens is 484 g/mol. The van der Waals surface area contributed by atoms with Crippen LogP contribution in [0, 0.1) is 5.82 Å². The first kappa shape index (κ1) is 22.1. The van der Waals surface area contributed by atoms with Gasteiger partial charge in [0, 0.05) is 37.8 Å². The van der Waals surface area contributed by atoms with Gasteiger partial charge in [-0.25, -0.2) is 4.39 Å². The summed E-state index contributed by atoms with van der Waals surface area (Å²) in [6, 6.07) is 15.7. The van der Waals surface area contributed by atoms with Gasteiger partial charge in [-0.3, -0.25) is 4.79 Å². The van der Waals surface area contributed by atoms with E-state index in [2.05, 4.69) is 9.89 Å². The second kappa shape index (κ2) is 9.25. The van der Waals surface area contributed by atoms with Gasteiger partial charge in [0.1, 0.15) is 17.3 Å². The number of thioether (sulfide) groups is 1. The largest absolute Gasteiger partial charge is 0.457 e. The summed E-state index contributed by atoms with van der Waals surface area (Å²) in [6.07, 6.45) is 1.69. The van der Waals surface area contributed by atoms with Gasteiger partial charge in [-0.05, 0) is 54.2 Å². The van der Waals surface area contributed by atoms with Crippen LogP contribution in [0.1, 0.15) is 5.76 Å². The van der Waals surface area contributed by atoms with E-state index < -0.39 is 0 Å². The van der Waals surface area contributed by atoms with Crippen LogP contribution in [-0.4, -0.2) is 42.2 Å². The number of furan rings is 1. The second-order valence-electron chi connectivity index (χ2n) is 7.57. The minimum Gasteiger partial charge on any atom is -0.457 e. The van der Waals surface area contributed by atoms with E-state index in [0.29, 0.717) is 63.5 Å². The molecule has 33 heavy (non-hydrogen) atoms. The predicted molar refractivity (Wildman–Crippen MR) is 132 cm³/mol. The van der Waals surface area contributed by atoms with Crippen molar-refractivity contribution in [1.29, 1.82) is 0 Å². The summed E-state index contributed by atoms with van der Waals surface area (Å²) < 4.78 is 20.0. The van der Waals surface area contributed by atoms with E-state index in [-0.39, 0.29) is 11.7 Å². The highest BCUT2D eigenvalue weighted by Gasteiger charge is 2.29. The van der Waals surface area contributed by atoms with Crippen LogP contribution in [0.4, 0.5) is 10.1 Å². The Morgan fingerprint density at radius 2 is 1.73 bits per heavy atom. The van der Waals surface area contributed by atoms with Crippen LogP contribution >= 0.6 is 35.0 Å². The van der Waals surface area contributed by atoms with Crippen molar-refractivity contribution in [2.75, 3.05) is 31.1 Å². The molecule has 2 aliphatic heterocycles. The molecule has 2 aliphatic rings. The molecule has 0 unspecified atom stereocenters. The molecule has 0 radical (unpaired) electrons. The Morgan fingerprint density at radius 3 is 2.48 bits per heavy atom. The number of para-hydroxylation sites is 1. The molecule has 0 atom stereocenters. The van der Waals surface area contributed by atoms with Gasteiger partial charge in [-0.2, -0.15) is 4.99 Å². The topological polar surface area (TPSA) is 49.1 Å². The second-order valence-corrected chi connectivity index (χ2v) is 9.39. The monoisotopic (exact) mass is 501 g/mol. The van der Waals surface area contributed by atoms with Crippen molar-refractivity contribution in [3.8, 4) is 11.3 Å². The molecule has 1 saturated heterocycles. The first-order chi connectivity index (χ1) is 16.0. The highest BCUT2D eigenvalue weighted by Crippen LogP contribution is 2.34. The molecule has 1 aromatic heterocycles. The highest BCUT2D eigenvalue weighted by molar-refractivity contribution is 8.18. The summed E-state index contributed by atoms with van der Waals surface area (Å²) in [5.74, 6) is 0.658. The molecule has 5 nitrogen and oxygen atoms in total. The number of anilines is 1. The van der Waals surface area contributed by atoms with Crippen LogP contribution in [0.3, 0.4) is 0 Å². The summed E-state index contributed by atoms with van der Waals surface area (Å²) in [5, 5.41) is 1.58. The molecule has 168 valence electrons. The third-order valence-corrected chi connectivity index (χ3v) is 7.24. The molecule has 0 aliphatic carbocycles. The maximum absolute atomic E-state index is 14.1. The summed E-state index contributed by atoms with van der Waals surface area (Å²) >= 11 is 13.4. The van der Waals surface area contributed by atoms with E-state index in [1.807, 2.05) is 23.1 Å². The van der Waals surface area contributed by atoms with Crippen LogP contribution in [0.5, 0.6) is 0 Å². The van der Waals surface area contributed by atoms with Crippen molar-refractivity contribution in [1.82, 2.24) is 4.90 Å².